The van der Waals surface area contributed by atoms with Gasteiger partial charge in [0.15, 0.2) is 5.82 Å². The van der Waals surface area contributed by atoms with Crippen molar-refractivity contribution in [1.82, 2.24) is 19.1 Å². The smallest absolute Gasteiger partial charge is 0.165 e. The molecule has 0 radical (unpaired) electrons. The Morgan fingerprint density at radius 1 is 0.304 bits per heavy atom. The minimum Gasteiger partial charge on any atom is -0.309 e. The monoisotopic (exact) mass is 712 g/mol. The van der Waals surface area contributed by atoms with Crippen molar-refractivity contribution in [3.05, 3.63) is 194 Å². The lowest BCUT2D eigenvalue weighted by Gasteiger charge is -2.15. The highest BCUT2D eigenvalue weighted by molar-refractivity contribution is 6.15. The van der Waals surface area contributed by atoms with Crippen molar-refractivity contribution in [3.63, 3.8) is 0 Å². The van der Waals surface area contributed by atoms with Gasteiger partial charge in [-0.15, -0.1) is 0 Å². The van der Waals surface area contributed by atoms with Gasteiger partial charge in [0.05, 0.1) is 33.1 Å². The molecule has 0 amide bonds. The number of hydrogen-bond acceptors (Lipinski definition) is 2. The van der Waals surface area contributed by atoms with Crippen LogP contribution in [-0.4, -0.2) is 19.1 Å². The topological polar surface area (TPSA) is 35.6 Å². The number of benzene rings is 9. The van der Waals surface area contributed by atoms with E-state index in [0.717, 1.165) is 56.0 Å². The molecule has 0 bridgehead atoms. The maximum Gasteiger partial charge on any atom is 0.165 e. The molecule has 0 saturated carbocycles. The van der Waals surface area contributed by atoms with E-state index in [1.807, 2.05) is 12.1 Å². The van der Waals surface area contributed by atoms with Crippen LogP contribution in [0, 0.1) is 0 Å². The molecule has 4 heteroatoms. The third-order valence-electron chi connectivity index (χ3n) is 11.4. The van der Waals surface area contributed by atoms with E-state index in [1.165, 1.54) is 54.1 Å². The number of hydrogen-bond donors (Lipinski definition) is 0. The lowest BCUT2D eigenvalue weighted by Crippen LogP contribution is -2.04. The van der Waals surface area contributed by atoms with Gasteiger partial charge in [0.1, 0.15) is 5.69 Å². The molecule has 0 N–H and O–H groups in total. The molecule has 0 saturated heterocycles. The molecule has 3 heterocycles. The Kier molecular flexibility index (Phi) is 6.60. The van der Waals surface area contributed by atoms with E-state index < -0.39 is 0 Å². The van der Waals surface area contributed by atoms with Gasteiger partial charge in [-0.3, -0.25) is 4.57 Å². The van der Waals surface area contributed by atoms with Gasteiger partial charge in [-0.05, 0) is 93.3 Å². The van der Waals surface area contributed by atoms with Crippen LogP contribution < -0.4 is 0 Å². The van der Waals surface area contributed by atoms with E-state index >= 15 is 0 Å². The zero-order chi connectivity index (χ0) is 36.7. The van der Waals surface area contributed by atoms with Gasteiger partial charge >= 0.3 is 0 Å². The van der Waals surface area contributed by atoms with Crippen molar-refractivity contribution in [2.24, 2.45) is 0 Å². The zero-order valence-electron chi connectivity index (χ0n) is 30.3. The highest BCUT2D eigenvalue weighted by Crippen LogP contribution is 2.41. The second-order valence-corrected chi connectivity index (χ2v) is 14.7. The molecule has 0 aliphatic rings. The second-order valence-electron chi connectivity index (χ2n) is 14.7. The first-order valence-corrected chi connectivity index (χ1v) is 19.1. The molecule has 0 aliphatic carbocycles. The lowest BCUT2D eigenvalue weighted by atomic mass is 10.0. The van der Waals surface area contributed by atoms with E-state index in [4.69, 9.17) is 9.97 Å². The van der Waals surface area contributed by atoms with Crippen molar-refractivity contribution in [2.75, 3.05) is 0 Å². The summed E-state index contributed by atoms with van der Waals surface area (Å²) in [7, 11) is 0. The largest absolute Gasteiger partial charge is 0.309 e. The van der Waals surface area contributed by atoms with E-state index in [2.05, 4.69) is 191 Å². The first kappa shape index (κ1) is 30.9. The summed E-state index contributed by atoms with van der Waals surface area (Å²) in [6.07, 6.45) is 0. The van der Waals surface area contributed by atoms with Crippen molar-refractivity contribution in [1.29, 1.82) is 0 Å². The Balaban J connectivity index is 1.16. The third kappa shape index (κ3) is 4.66. The molecule has 0 aliphatic heterocycles. The van der Waals surface area contributed by atoms with Crippen LogP contribution in [0.15, 0.2) is 194 Å². The summed E-state index contributed by atoms with van der Waals surface area (Å²) >= 11 is 0. The van der Waals surface area contributed by atoms with Crippen LogP contribution in [0.2, 0.25) is 0 Å². The SMILES string of the molecule is c1ccc(-n2c3ccccc3c3ccc(-c4ccc5c6cc7ccccc7cc6n(-c6nc7ccccc7nc6-c6ccc7ccccc7c6)c5c4)cc32)cc1. The average molecular weight is 713 g/mol. The first-order valence-electron chi connectivity index (χ1n) is 19.1. The Morgan fingerprint density at radius 3 is 1.61 bits per heavy atom. The number of aromatic nitrogens is 4. The van der Waals surface area contributed by atoms with Crippen molar-refractivity contribution in [2.45, 2.75) is 0 Å². The predicted molar refractivity (Wildman–Crippen MR) is 234 cm³/mol. The fraction of sp³-hybridized carbons (Fsp3) is 0. The summed E-state index contributed by atoms with van der Waals surface area (Å²) < 4.78 is 4.74. The summed E-state index contributed by atoms with van der Waals surface area (Å²) in [6, 6.07) is 69.7. The molecule has 12 aromatic rings. The van der Waals surface area contributed by atoms with Gasteiger partial charge in [0, 0.05) is 32.8 Å². The molecular formula is C52H32N4. The van der Waals surface area contributed by atoms with Crippen LogP contribution in [0.5, 0.6) is 0 Å². The molecule has 260 valence electrons. The number of fused-ring (bicyclic) bond motifs is 9. The highest BCUT2D eigenvalue weighted by Gasteiger charge is 2.21. The van der Waals surface area contributed by atoms with Gasteiger partial charge in [-0.1, -0.05) is 133 Å². The summed E-state index contributed by atoms with van der Waals surface area (Å²) in [6.45, 7) is 0. The van der Waals surface area contributed by atoms with E-state index in [9.17, 15) is 0 Å². The first-order chi connectivity index (χ1) is 27.7. The molecule has 0 fully saturated rings. The fourth-order valence-electron chi connectivity index (χ4n) is 8.79. The zero-order valence-corrected chi connectivity index (χ0v) is 30.3. The fourth-order valence-corrected chi connectivity index (χ4v) is 8.79. The highest BCUT2D eigenvalue weighted by atomic mass is 15.1. The molecule has 3 aromatic heterocycles. The van der Waals surface area contributed by atoms with E-state index in [-0.39, 0.29) is 0 Å². The van der Waals surface area contributed by atoms with Crippen molar-refractivity contribution in [3.8, 4) is 33.9 Å². The van der Waals surface area contributed by atoms with Gasteiger partial charge < -0.3 is 4.57 Å². The van der Waals surface area contributed by atoms with E-state index in [1.54, 1.807) is 0 Å². The molecule has 56 heavy (non-hydrogen) atoms. The number of para-hydroxylation sites is 4. The van der Waals surface area contributed by atoms with Crippen LogP contribution in [0.3, 0.4) is 0 Å². The minimum absolute atomic E-state index is 0.811. The summed E-state index contributed by atoms with van der Waals surface area (Å²) in [4.78, 5) is 10.8. The Hall–Kier alpha value is -7.56. The Morgan fingerprint density at radius 2 is 0.839 bits per heavy atom. The van der Waals surface area contributed by atoms with Crippen molar-refractivity contribution >= 4 is 76.2 Å². The van der Waals surface area contributed by atoms with Crippen LogP contribution in [0.1, 0.15) is 0 Å². The molecule has 0 atom stereocenters. The number of rotatable bonds is 4. The quantitative estimate of drug-likeness (QED) is 0.182. The van der Waals surface area contributed by atoms with Gasteiger partial charge in [0.2, 0.25) is 0 Å². The lowest BCUT2D eigenvalue weighted by molar-refractivity contribution is 1.08. The number of nitrogens with zero attached hydrogens (tertiary/aromatic N) is 4. The minimum atomic E-state index is 0.811. The second kappa shape index (κ2) is 12.0. The van der Waals surface area contributed by atoms with Gasteiger partial charge in [0.25, 0.3) is 0 Å². The molecule has 0 spiro atoms. The van der Waals surface area contributed by atoms with Gasteiger partial charge in [-0.2, -0.15) is 0 Å². The van der Waals surface area contributed by atoms with Gasteiger partial charge in [-0.25, -0.2) is 9.97 Å². The molecule has 0 unspecified atom stereocenters. The van der Waals surface area contributed by atoms with Crippen LogP contribution in [0.25, 0.3) is 110 Å². The Labute approximate surface area is 322 Å². The van der Waals surface area contributed by atoms with Crippen LogP contribution in [-0.2, 0) is 0 Å². The summed E-state index contributed by atoms with van der Waals surface area (Å²) in [5.74, 6) is 0.811. The third-order valence-corrected chi connectivity index (χ3v) is 11.4. The van der Waals surface area contributed by atoms with E-state index in [0.29, 0.717) is 0 Å². The van der Waals surface area contributed by atoms with Crippen molar-refractivity contribution < 1.29 is 0 Å². The predicted octanol–water partition coefficient (Wildman–Crippen LogP) is 13.5. The molecule has 12 rings (SSSR count). The molecule has 9 aromatic carbocycles. The normalized spacial score (nSPS) is 11.9. The molecular weight excluding hydrogens is 681 g/mol. The summed E-state index contributed by atoms with van der Waals surface area (Å²) in [5, 5.41) is 9.61. The maximum absolute atomic E-state index is 5.46. The maximum atomic E-state index is 5.46. The Bertz CT molecular complexity index is 3540. The summed E-state index contributed by atoms with van der Waals surface area (Å²) in [5.41, 5.74) is 11.6. The van der Waals surface area contributed by atoms with Crippen LogP contribution >= 0.6 is 0 Å². The standard InChI is InChI=1S/C52H32N4/c1-2-16-40(17-3-1)55-47-21-11-8-18-41(47)42-26-24-37(31-48(42)55)38-25-27-43-44-29-35-14-6-7-15-36(35)30-50(44)56(49(43)32-38)52-51(53-45-19-9-10-20-46(45)54-52)39-23-22-33-12-4-5-13-34(33)28-39/h1-32H. The van der Waals surface area contributed by atoms with Crippen LogP contribution in [0.4, 0.5) is 0 Å². The average Bonchev–Trinajstić information content (AvgIpc) is 3.76. The molecule has 4 nitrogen and oxygen atoms in total.